The van der Waals surface area contributed by atoms with Crippen LogP contribution in [0.5, 0.6) is 0 Å². The molecule has 3 N–H and O–H groups in total. The zero-order valence-electron chi connectivity index (χ0n) is 11.9. The smallest absolute Gasteiger partial charge is 0.275 e. The summed E-state index contributed by atoms with van der Waals surface area (Å²) < 4.78 is 3.67. The molecule has 0 aliphatic heterocycles. The lowest BCUT2D eigenvalue weighted by Crippen LogP contribution is -2.16. The van der Waals surface area contributed by atoms with Crippen molar-refractivity contribution in [3.05, 3.63) is 40.6 Å². The zero-order chi connectivity index (χ0) is 15.0. The van der Waals surface area contributed by atoms with Crippen LogP contribution in [0.1, 0.15) is 5.56 Å². The number of fused-ring (bicyclic) bond motifs is 1. The molecule has 0 saturated carbocycles. The number of aromatic amines is 1. The number of nitrogens with one attached hydrogen (secondary N) is 1. The van der Waals surface area contributed by atoms with E-state index in [0.29, 0.717) is 35.4 Å². The molecular weight excluding hydrogens is 304 g/mol. The molecule has 0 aliphatic rings. The lowest BCUT2D eigenvalue weighted by Gasteiger charge is -2.10. The first-order chi connectivity index (χ1) is 10.2. The Hall–Kier alpha value is -2.56. The minimum absolute atomic E-state index is 0. The molecule has 7 nitrogen and oxygen atoms in total. The Morgan fingerprint density at radius 1 is 1.50 bits per heavy atom. The van der Waals surface area contributed by atoms with Gasteiger partial charge in [0.25, 0.3) is 5.56 Å². The highest BCUT2D eigenvalue weighted by atomic mass is 35.5. The second-order valence-electron chi connectivity index (χ2n) is 4.71. The Balaban J connectivity index is 0.00000176. The largest absolute Gasteiger partial charge is 0.349 e. The number of H-pyrrole nitrogens is 1. The van der Waals surface area contributed by atoms with Gasteiger partial charge in [-0.1, -0.05) is 0 Å². The number of hydrogen-bond acceptors (Lipinski definition) is 4. The summed E-state index contributed by atoms with van der Waals surface area (Å²) in [7, 11) is 1.89. The van der Waals surface area contributed by atoms with Gasteiger partial charge < -0.3 is 19.9 Å². The van der Waals surface area contributed by atoms with E-state index in [4.69, 9.17) is 5.73 Å². The number of aromatic nitrogens is 4. The van der Waals surface area contributed by atoms with Gasteiger partial charge in [0.2, 0.25) is 0 Å². The average molecular weight is 319 g/mol. The Morgan fingerprint density at radius 3 is 2.86 bits per heavy atom. The Morgan fingerprint density at radius 2 is 2.27 bits per heavy atom. The van der Waals surface area contributed by atoms with Crippen molar-refractivity contribution in [3.63, 3.8) is 0 Å². The summed E-state index contributed by atoms with van der Waals surface area (Å²) in [6.45, 7) is 0.799. The molecule has 0 aliphatic carbocycles. The van der Waals surface area contributed by atoms with Crippen molar-refractivity contribution in [1.29, 1.82) is 5.26 Å². The molecule has 3 heterocycles. The van der Waals surface area contributed by atoms with Crippen LogP contribution in [0.4, 0.5) is 0 Å². The second kappa shape index (κ2) is 6.05. The van der Waals surface area contributed by atoms with E-state index < -0.39 is 0 Å². The predicted octanol–water partition coefficient (Wildman–Crippen LogP) is 0.982. The highest BCUT2D eigenvalue weighted by molar-refractivity contribution is 5.90. The quantitative estimate of drug-likeness (QED) is 0.751. The van der Waals surface area contributed by atoms with Crippen molar-refractivity contribution < 1.29 is 0 Å². The molecule has 0 atom stereocenters. The molecule has 22 heavy (non-hydrogen) atoms. The first-order valence-corrected chi connectivity index (χ1v) is 6.50. The third-order valence-electron chi connectivity index (χ3n) is 3.49. The van der Waals surface area contributed by atoms with Gasteiger partial charge in [-0.3, -0.25) is 4.79 Å². The molecule has 0 aromatic carbocycles. The molecule has 0 fully saturated rings. The first kappa shape index (κ1) is 15.8. The van der Waals surface area contributed by atoms with Crippen molar-refractivity contribution in [2.24, 2.45) is 12.8 Å². The fourth-order valence-corrected chi connectivity index (χ4v) is 2.62. The van der Waals surface area contributed by atoms with Crippen molar-refractivity contribution in [2.45, 2.75) is 6.54 Å². The molecule has 0 radical (unpaired) electrons. The van der Waals surface area contributed by atoms with E-state index in [9.17, 15) is 10.1 Å². The number of hydrogen-bond donors (Lipinski definition) is 2. The lowest BCUT2D eigenvalue weighted by molar-refractivity contribution is 0.732. The fourth-order valence-electron chi connectivity index (χ4n) is 2.62. The molecule has 8 heteroatoms. The third kappa shape index (κ3) is 2.19. The van der Waals surface area contributed by atoms with Crippen molar-refractivity contribution in [1.82, 2.24) is 19.1 Å². The summed E-state index contributed by atoms with van der Waals surface area (Å²) in [6, 6.07) is 5.96. The number of aryl methyl sites for hydroxylation is 1. The van der Waals surface area contributed by atoms with Gasteiger partial charge in [-0.2, -0.15) is 5.26 Å². The topological polar surface area (TPSA) is 105 Å². The summed E-state index contributed by atoms with van der Waals surface area (Å²) >= 11 is 0. The van der Waals surface area contributed by atoms with Crippen LogP contribution < -0.4 is 11.3 Å². The van der Waals surface area contributed by atoms with Crippen molar-refractivity contribution in [3.8, 4) is 17.5 Å². The minimum Gasteiger partial charge on any atom is -0.349 e. The van der Waals surface area contributed by atoms with E-state index in [-0.39, 0.29) is 18.0 Å². The Labute approximate surface area is 132 Å². The maximum absolute atomic E-state index is 12.1. The minimum atomic E-state index is -0.273. The van der Waals surface area contributed by atoms with Gasteiger partial charge >= 0.3 is 0 Å². The summed E-state index contributed by atoms with van der Waals surface area (Å²) in [4.78, 5) is 18.9. The van der Waals surface area contributed by atoms with Crippen LogP contribution in [0.15, 0.2) is 29.5 Å². The van der Waals surface area contributed by atoms with Crippen LogP contribution >= 0.6 is 12.4 Å². The first-order valence-electron chi connectivity index (χ1n) is 6.50. The van der Waals surface area contributed by atoms with E-state index in [1.165, 1.54) is 6.33 Å². The average Bonchev–Trinajstić information content (AvgIpc) is 3.01. The van der Waals surface area contributed by atoms with Crippen LogP contribution in [-0.4, -0.2) is 25.6 Å². The standard InChI is InChI=1S/C14H14N6O.ClH/c1-19-5-2-3-10(19)12-9(7-16)11-13(20(12)6-4-15)14(21)18-8-17-11;/h2-3,5,8H,4,6,15H2,1H3,(H,17,18,21);1H. The zero-order valence-corrected chi connectivity index (χ0v) is 12.7. The van der Waals surface area contributed by atoms with Crippen LogP contribution in [0.3, 0.4) is 0 Å². The highest BCUT2D eigenvalue weighted by Crippen LogP contribution is 2.30. The van der Waals surface area contributed by atoms with Crippen molar-refractivity contribution in [2.75, 3.05) is 6.54 Å². The van der Waals surface area contributed by atoms with Gasteiger partial charge in [-0.25, -0.2) is 4.98 Å². The Bertz CT molecular complexity index is 914. The van der Waals surface area contributed by atoms with Crippen LogP contribution in [0, 0.1) is 11.3 Å². The second-order valence-corrected chi connectivity index (χ2v) is 4.71. The lowest BCUT2D eigenvalue weighted by atomic mass is 10.2. The van der Waals surface area contributed by atoms with Gasteiger partial charge in [0.1, 0.15) is 22.7 Å². The van der Waals surface area contributed by atoms with E-state index in [2.05, 4.69) is 16.0 Å². The molecule has 0 unspecified atom stereocenters. The predicted molar refractivity (Wildman–Crippen MR) is 85.8 cm³/mol. The Kier molecular flexibility index (Phi) is 4.35. The van der Waals surface area contributed by atoms with Gasteiger partial charge in [-0.05, 0) is 12.1 Å². The maximum atomic E-state index is 12.1. The molecular formula is C14H15ClN6O. The van der Waals surface area contributed by atoms with Gasteiger partial charge in [0.05, 0.1) is 17.7 Å². The molecule has 0 saturated heterocycles. The summed E-state index contributed by atoms with van der Waals surface area (Å²) in [5.74, 6) is 0. The SMILES string of the molecule is Cl.Cn1cccc1-c1c(C#N)c2nc[nH]c(=O)c2n1CCN. The normalized spacial score (nSPS) is 10.4. The fraction of sp³-hybridized carbons (Fsp3) is 0.214. The van der Waals surface area contributed by atoms with Crippen molar-refractivity contribution >= 4 is 23.4 Å². The molecule has 114 valence electrons. The molecule has 0 bridgehead atoms. The number of nitrogens with zero attached hydrogens (tertiary/aromatic N) is 4. The molecule has 0 spiro atoms. The highest BCUT2D eigenvalue weighted by Gasteiger charge is 2.22. The summed E-state index contributed by atoms with van der Waals surface area (Å²) in [5.41, 5.74) is 8.11. The number of halogens is 1. The van der Waals surface area contributed by atoms with E-state index in [1.807, 2.05) is 29.9 Å². The van der Waals surface area contributed by atoms with Crippen LogP contribution in [-0.2, 0) is 13.6 Å². The monoisotopic (exact) mass is 318 g/mol. The number of nitrogens with two attached hydrogens (primary N) is 1. The van der Waals surface area contributed by atoms with Crippen LogP contribution in [0.2, 0.25) is 0 Å². The van der Waals surface area contributed by atoms with E-state index in [0.717, 1.165) is 5.69 Å². The van der Waals surface area contributed by atoms with Gasteiger partial charge in [0, 0.05) is 26.3 Å². The molecule has 3 rings (SSSR count). The summed E-state index contributed by atoms with van der Waals surface area (Å²) in [6.07, 6.45) is 3.20. The van der Waals surface area contributed by atoms with Gasteiger partial charge in [0.15, 0.2) is 0 Å². The number of nitriles is 1. The number of rotatable bonds is 3. The van der Waals surface area contributed by atoms with Crippen LogP contribution in [0.25, 0.3) is 22.4 Å². The van der Waals surface area contributed by atoms with E-state index in [1.54, 1.807) is 4.57 Å². The molecule has 3 aromatic heterocycles. The maximum Gasteiger partial charge on any atom is 0.275 e. The summed E-state index contributed by atoms with van der Waals surface area (Å²) in [5, 5.41) is 9.52. The molecule has 3 aromatic rings. The third-order valence-corrected chi connectivity index (χ3v) is 3.49. The van der Waals surface area contributed by atoms with E-state index >= 15 is 0 Å². The van der Waals surface area contributed by atoms with Gasteiger partial charge in [-0.15, -0.1) is 12.4 Å². The molecule has 0 amide bonds.